The zero-order valence-corrected chi connectivity index (χ0v) is 18.2. The fraction of sp³-hybridized carbons (Fsp3) is 0.148. The fourth-order valence-electron chi connectivity index (χ4n) is 3.96. The Morgan fingerprint density at radius 1 is 1.00 bits per heavy atom. The van der Waals surface area contributed by atoms with Gasteiger partial charge < -0.3 is 14.6 Å². The summed E-state index contributed by atoms with van der Waals surface area (Å²) in [6.45, 7) is 2.77. The number of hydrogen-bond acceptors (Lipinski definition) is 4. The first-order valence-electron chi connectivity index (χ1n) is 10.9. The van der Waals surface area contributed by atoms with Crippen molar-refractivity contribution < 1.29 is 14.0 Å². The molecule has 0 unspecified atom stereocenters. The first-order valence-corrected chi connectivity index (χ1v) is 10.9. The van der Waals surface area contributed by atoms with Gasteiger partial charge in [-0.25, -0.2) is 4.98 Å². The van der Waals surface area contributed by atoms with Crippen molar-refractivity contribution in [3.8, 4) is 22.8 Å². The third-order valence-electron chi connectivity index (χ3n) is 5.75. The second-order valence-electron chi connectivity index (χ2n) is 8.09. The van der Waals surface area contributed by atoms with Gasteiger partial charge in [0, 0.05) is 35.5 Å². The third kappa shape index (κ3) is 4.28. The smallest absolute Gasteiger partial charge is 0.256 e. The first kappa shape index (κ1) is 20.7. The number of carbonyl (C=O) groups excluding carboxylic acids is 2. The summed E-state index contributed by atoms with van der Waals surface area (Å²) in [6, 6.07) is 22.6. The molecular weight excluding hydrogens is 414 g/mol. The minimum absolute atomic E-state index is 0.136. The maximum atomic E-state index is 13.1. The molecule has 0 aliphatic carbocycles. The van der Waals surface area contributed by atoms with Crippen molar-refractivity contribution in [2.75, 3.05) is 16.8 Å². The van der Waals surface area contributed by atoms with Crippen LogP contribution >= 0.6 is 0 Å². The van der Waals surface area contributed by atoms with Crippen molar-refractivity contribution in [1.82, 2.24) is 4.98 Å². The van der Waals surface area contributed by atoms with Gasteiger partial charge in [-0.3, -0.25) is 9.59 Å². The molecule has 0 atom stereocenters. The first-order chi connectivity index (χ1) is 16.1. The molecule has 3 aromatic carbocycles. The predicted molar refractivity (Wildman–Crippen MR) is 128 cm³/mol. The van der Waals surface area contributed by atoms with Crippen molar-refractivity contribution >= 4 is 23.2 Å². The van der Waals surface area contributed by atoms with Crippen molar-refractivity contribution in [2.45, 2.75) is 19.8 Å². The number of nitrogens with zero attached hydrogens (tertiary/aromatic N) is 2. The van der Waals surface area contributed by atoms with E-state index in [1.54, 1.807) is 17.2 Å². The summed E-state index contributed by atoms with van der Waals surface area (Å²) in [7, 11) is 0. The monoisotopic (exact) mass is 437 g/mol. The molecule has 0 saturated carbocycles. The summed E-state index contributed by atoms with van der Waals surface area (Å²) < 4.78 is 5.99. The lowest BCUT2D eigenvalue weighted by Gasteiger charge is -2.16. The average molecular weight is 437 g/mol. The number of nitrogens with one attached hydrogen (secondary N) is 1. The van der Waals surface area contributed by atoms with Crippen LogP contribution < -0.4 is 10.2 Å². The van der Waals surface area contributed by atoms with Gasteiger partial charge in [0.05, 0.1) is 11.8 Å². The van der Waals surface area contributed by atoms with E-state index in [1.165, 1.54) is 5.56 Å². The van der Waals surface area contributed by atoms with Crippen molar-refractivity contribution in [1.29, 1.82) is 0 Å². The Hall–Kier alpha value is -4.19. The topological polar surface area (TPSA) is 75.4 Å². The predicted octanol–water partition coefficient (Wildman–Crippen LogP) is 5.70. The lowest BCUT2D eigenvalue weighted by Crippen LogP contribution is -2.23. The standard InChI is InChI=1S/C27H23N3O3/c1-18-8-10-19(11-9-18)24-17-28-27(33-24)23-6-3-2-5-22(23)26(32)29-20-12-14-21(15-13-20)30-16-4-7-25(30)31/h2-3,5-6,8-15,17H,4,7,16H2,1H3,(H,29,32). The molecule has 4 aromatic rings. The van der Waals surface area contributed by atoms with E-state index in [0.717, 1.165) is 24.2 Å². The summed E-state index contributed by atoms with van der Waals surface area (Å²) in [5.74, 6) is 0.911. The van der Waals surface area contributed by atoms with E-state index in [4.69, 9.17) is 4.42 Å². The Morgan fingerprint density at radius 3 is 2.48 bits per heavy atom. The van der Waals surface area contributed by atoms with E-state index < -0.39 is 0 Å². The van der Waals surface area contributed by atoms with Crippen LogP contribution in [0.1, 0.15) is 28.8 Å². The van der Waals surface area contributed by atoms with Crippen molar-refractivity contribution in [3.63, 3.8) is 0 Å². The zero-order chi connectivity index (χ0) is 22.8. The number of amides is 2. The van der Waals surface area contributed by atoms with Gasteiger partial charge >= 0.3 is 0 Å². The van der Waals surface area contributed by atoms with Crippen LogP contribution in [0.3, 0.4) is 0 Å². The van der Waals surface area contributed by atoms with Crippen LogP contribution in [0.15, 0.2) is 83.4 Å². The highest BCUT2D eigenvalue weighted by Crippen LogP contribution is 2.29. The number of rotatable bonds is 5. The molecule has 6 nitrogen and oxygen atoms in total. The van der Waals surface area contributed by atoms with Gasteiger partial charge in [0.1, 0.15) is 0 Å². The summed E-state index contributed by atoms with van der Waals surface area (Å²) in [5, 5.41) is 2.93. The van der Waals surface area contributed by atoms with E-state index in [1.807, 2.05) is 73.7 Å². The quantitative estimate of drug-likeness (QED) is 0.435. The third-order valence-corrected chi connectivity index (χ3v) is 5.75. The molecule has 164 valence electrons. The number of oxazole rings is 1. The molecule has 33 heavy (non-hydrogen) atoms. The van der Waals surface area contributed by atoms with E-state index in [0.29, 0.717) is 34.9 Å². The Labute approximate surface area is 191 Å². The Morgan fingerprint density at radius 2 is 1.76 bits per heavy atom. The molecule has 2 heterocycles. The molecule has 1 saturated heterocycles. The lowest BCUT2D eigenvalue weighted by atomic mass is 10.1. The van der Waals surface area contributed by atoms with Gasteiger partial charge in [-0.2, -0.15) is 0 Å². The summed E-state index contributed by atoms with van der Waals surface area (Å²) >= 11 is 0. The Bertz CT molecular complexity index is 1310. The van der Waals surface area contributed by atoms with Gasteiger partial charge in [0.2, 0.25) is 11.8 Å². The molecule has 0 spiro atoms. The van der Waals surface area contributed by atoms with Gasteiger partial charge in [0.15, 0.2) is 5.76 Å². The molecule has 1 aromatic heterocycles. The molecule has 1 aliphatic rings. The molecule has 1 aliphatic heterocycles. The van der Waals surface area contributed by atoms with Gasteiger partial charge in [-0.1, -0.05) is 42.0 Å². The van der Waals surface area contributed by atoms with Crippen LogP contribution in [-0.2, 0) is 4.79 Å². The van der Waals surface area contributed by atoms with Crippen molar-refractivity contribution in [3.05, 3.63) is 90.1 Å². The number of anilines is 2. The van der Waals surface area contributed by atoms with Crippen LogP contribution in [0.4, 0.5) is 11.4 Å². The Balaban J connectivity index is 1.36. The summed E-state index contributed by atoms with van der Waals surface area (Å²) in [6.07, 6.45) is 3.13. The van der Waals surface area contributed by atoms with Gasteiger partial charge in [0.25, 0.3) is 5.91 Å². The summed E-state index contributed by atoms with van der Waals surface area (Å²) in [4.78, 5) is 31.2. The second kappa shape index (κ2) is 8.74. The second-order valence-corrected chi connectivity index (χ2v) is 8.09. The average Bonchev–Trinajstić information content (AvgIpc) is 3.50. The Kier molecular flexibility index (Phi) is 5.48. The molecule has 0 radical (unpaired) electrons. The minimum Gasteiger partial charge on any atom is -0.436 e. The number of hydrogen-bond donors (Lipinski definition) is 1. The lowest BCUT2D eigenvalue weighted by molar-refractivity contribution is -0.117. The van der Waals surface area contributed by atoms with Crippen LogP contribution in [0.5, 0.6) is 0 Å². The van der Waals surface area contributed by atoms with Crippen LogP contribution in [0.25, 0.3) is 22.8 Å². The highest BCUT2D eigenvalue weighted by atomic mass is 16.4. The van der Waals surface area contributed by atoms with E-state index in [2.05, 4.69) is 10.3 Å². The molecular formula is C27H23N3O3. The zero-order valence-electron chi connectivity index (χ0n) is 18.2. The largest absolute Gasteiger partial charge is 0.436 e. The van der Waals surface area contributed by atoms with Crippen LogP contribution in [-0.4, -0.2) is 23.3 Å². The van der Waals surface area contributed by atoms with Crippen LogP contribution in [0.2, 0.25) is 0 Å². The highest BCUT2D eigenvalue weighted by molar-refractivity contribution is 6.08. The van der Waals surface area contributed by atoms with Gasteiger partial charge in [-0.05, 0) is 49.7 Å². The fourth-order valence-corrected chi connectivity index (χ4v) is 3.96. The number of aryl methyl sites for hydroxylation is 1. The molecule has 2 amide bonds. The normalized spacial score (nSPS) is 13.4. The maximum absolute atomic E-state index is 13.1. The van der Waals surface area contributed by atoms with Crippen LogP contribution in [0, 0.1) is 6.92 Å². The van der Waals surface area contributed by atoms with E-state index in [9.17, 15) is 9.59 Å². The van der Waals surface area contributed by atoms with Crippen molar-refractivity contribution in [2.24, 2.45) is 0 Å². The maximum Gasteiger partial charge on any atom is 0.256 e. The summed E-state index contributed by atoms with van der Waals surface area (Å²) in [5.41, 5.74) is 4.68. The van der Waals surface area contributed by atoms with E-state index in [-0.39, 0.29) is 11.8 Å². The van der Waals surface area contributed by atoms with Gasteiger partial charge in [-0.15, -0.1) is 0 Å². The number of carbonyl (C=O) groups is 2. The molecule has 5 rings (SSSR count). The van der Waals surface area contributed by atoms with E-state index >= 15 is 0 Å². The highest BCUT2D eigenvalue weighted by Gasteiger charge is 2.22. The number of aromatic nitrogens is 1. The molecule has 1 fully saturated rings. The molecule has 6 heteroatoms. The SMILES string of the molecule is Cc1ccc(-c2cnc(-c3ccccc3C(=O)Nc3ccc(N4CCCC4=O)cc3)o2)cc1. The molecule has 1 N–H and O–H groups in total. The molecule has 0 bridgehead atoms. The minimum atomic E-state index is -0.259. The number of benzene rings is 3.